The van der Waals surface area contributed by atoms with Gasteiger partial charge in [0.2, 0.25) is 0 Å². The molecule has 24 heavy (non-hydrogen) atoms. The van der Waals surface area contributed by atoms with Gasteiger partial charge in [-0.25, -0.2) is 0 Å². The standard InChI is InChI=1S/C16H14Cl2N2O3S/c1-22-13-2-4-14(5-3-13)23-9-15(21)20-16(24)19-12-7-10(17)6-11(18)8-12/h2-8H,9H2,1H3,(H2,19,20,21,24). The molecule has 126 valence electrons. The second kappa shape index (κ2) is 8.73. The molecule has 2 aromatic carbocycles. The average molecular weight is 385 g/mol. The summed E-state index contributed by atoms with van der Waals surface area (Å²) in [6, 6.07) is 11.8. The Bertz CT molecular complexity index is 718. The second-order valence-corrected chi connectivity index (χ2v) is 5.91. The van der Waals surface area contributed by atoms with Crippen LogP contribution in [-0.4, -0.2) is 24.7 Å². The van der Waals surface area contributed by atoms with E-state index < -0.39 is 5.91 Å². The van der Waals surface area contributed by atoms with Crippen molar-refractivity contribution in [3.63, 3.8) is 0 Å². The summed E-state index contributed by atoms with van der Waals surface area (Å²) in [5.74, 6) is 0.861. The second-order valence-electron chi connectivity index (χ2n) is 4.62. The maximum atomic E-state index is 11.8. The average Bonchev–Trinajstić information content (AvgIpc) is 2.52. The van der Waals surface area contributed by atoms with Gasteiger partial charge in [0, 0.05) is 15.7 Å². The smallest absolute Gasteiger partial charge is 0.264 e. The minimum atomic E-state index is -0.392. The number of hydrogen-bond donors (Lipinski definition) is 2. The van der Waals surface area contributed by atoms with Crippen molar-refractivity contribution in [2.45, 2.75) is 0 Å². The fourth-order valence-corrected chi connectivity index (χ4v) is 2.53. The molecular weight excluding hydrogens is 371 g/mol. The third-order valence-corrected chi connectivity index (χ3v) is 3.44. The minimum absolute atomic E-state index is 0.122. The molecule has 0 radical (unpaired) electrons. The molecule has 0 heterocycles. The van der Waals surface area contributed by atoms with Crippen molar-refractivity contribution >= 4 is 52.1 Å². The van der Waals surface area contributed by atoms with Crippen molar-refractivity contribution < 1.29 is 14.3 Å². The van der Waals surface area contributed by atoms with E-state index in [1.807, 2.05) is 0 Å². The molecule has 0 bridgehead atoms. The van der Waals surface area contributed by atoms with Gasteiger partial charge >= 0.3 is 0 Å². The first kappa shape index (κ1) is 18.3. The highest BCUT2D eigenvalue weighted by molar-refractivity contribution is 7.80. The first-order valence-electron chi connectivity index (χ1n) is 6.80. The minimum Gasteiger partial charge on any atom is -0.497 e. The van der Waals surface area contributed by atoms with E-state index in [1.165, 1.54) is 0 Å². The lowest BCUT2D eigenvalue weighted by Gasteiger charge is -2.11. The largest absolute Gasteiger partial charge is 0.497 e. The van der Waals surface area contributed by atoms with E-state index in [0.29, 0.717) is 27.2 Å². The number of anilines is 1. The quantitative estimate of drug-likeness (QED) is 0.765. The lowest BCUT2D eigenvalue weighted by Crippen LogP contribution is -2.37. The third-order valence-electron chi connectivity index (χ3n) is 2.80. The number of carbonyl (C=O) groups is 1. The molecular formula is C16H14Cl2N2O3S. The van der Waals surface area contributed by atoms with E-state index in [0.717, 1.165) is 0 Å². The van der Waals surface area contributed by atoms with Crippen LogP contribution < -0.4 is 20.1 Å². The van der Waals surface area contributed by atoms with Gasteiger partial charge in [-0.3, -0.25) is 10.1 Å². The number of carbonyl (C=O) groups excluding carboxylic acids is 1. The summed E-state index contributed by atoms with van der Waals surface area (Å²) in [7, 11) is 1.57. The van der Waals surface area contributed by atoms with Crippen molar-refractivity contribution in [1.29, 1.82) is 0 Å². The molecule has 2 aromatic rings. The van der Waals surface area contributed by atoms with Crippen LogP contribution >= 0.6 is 35.4 Å². The predicted octanol–water partition coefficient (Wildman–Crippen LogP) is 3.89. The van der Waals surface area contributed by atoms with Crippen molar-refractivity contribution in [2.24, 2.45) is 0 Å². The molecule has 8 heteroatoms. The summed E-state index contributed by atoms with van der Waals surface area (Å²) in [5, 5.41) is 6.37. The van der Waals surface area contributed by atoms with Gasteiger partial charge in [-0.2, -0.15) is 0 Å². The van der Waals surface area contributed by atoms with Crippen LogP contribution in [0.2, 0.25) is 10.0 Å². The molecule has 0 fully saturated rings. The zero-order valence-corrected chi connectivity index (χ0v) is 15.0. The molecule has 0 unspecified atom stereocenters. The van der Waals surface area contributed by atoms with Gasteiger partial charge in [-0.1, -0.05) is 23.2 Å². The Morgan fingerprint density at radius 1 is 1.08 bits per heavy atom. The highest BCUT2D eigenvalue weighted by atomic mass is 35.5. The van der Waals surface area contributed by atoms with Crippen molar-refractivity contribution in [2.75, 3.05) is 19.0 Å². The molecule has 5 nitrogen and oxygen atoms in total. The molecule has 0 spiro atoms. The number of ether oxygens (including phenoxy) is 2. The van der Waals surface area contributed by atoms with E-state index >= 15 is 0 Å². The number of nitrogens with one attached hydrogen (secondary N) is 2. The molecule has 0 aliphatic rings. The van der Waals surface area contributed by atoms with Crippen molar-refractivity contribution in [3.05, 3.63) is 52.5 Å². The van der Waals surface area contributed by atoms with Gasteiger partial charge in [0.1, 0.15) is 11.5 Å². The maximum absolute atomic E-state index is 11.8. The van der Waals surface area contributed by atoms with Gasteiger partial charge in [0.25, 0.3) is 5.91 Å². The molecule has 0 saturated heterocycles. The maximum Gasteiger partial charge on any atom is 0.264 e. The Morgan fingerprint density at radius 2 is 1.67 bits per heavy atom. The Morgan fingerprint density at radius 3 is 2.25 bits per heavy atom. The van der Waals surface area contributed by atoms with Gasteiger partial charge in [0.05, 0.1) is 7.11 Å². The van der Waals surface area contributed by atoms with E-state index in [9.17, 15) is 4.79 Å². The summed E-state index contributed by atoms with van der Waals surface area (Å²) in [5.41, 5.74) is 0.578. The molecule has 0 aromatic heterocycles. The molecule has 2 N–H and O–H groups in total. The number of hydrogen-bond acceptors (Lipinski definition) is 4. The van der Waals surface area contributed by atoms with Gasteiger partial charge < -0.3 is 14.8 Å². The van der Waals surface area contributed by atoms with Crippen LogP contribution in [0.15, 0.2) is 42.5 Å². The highest BCUT2D eigenvalue weighted by Gasteiger charge is 2.07. The molecule has 1 amide bonds. The number of thiocarbonyl (C=S) groups is 1. The van der Waals surface area contributed by atoms with Gasteiger partial charge in [-0.15, -0.1) is 0 Å². The highest BCUT2D eigenvalue weighted by Crippen LogP contribution is 2.22. The summed E-state index contributed by atoms with van der Waals surface area (Å²) in [4.78, 5) is 11.8. The fourth-order valence-electron chi connectivity index (χ4n) is 1.77. The topological polar surface area (TPSA) is 59.6 Å². The van der Waals surface area contributed by atoms with Gasteiger partial charge in [0.15, 0.2) is 11.7 Å². The third kappa shape index (κ3) is 5.88. The van der Waals surface area contributed by atoms with Crippen LogP contribution in [0.25, 0.3) is 0 Å². The number of halogens is 2. The molecule has 0 aliphatic heterocycles. The van der Waals surface area contributed by atoms with Gasteiger partial charge in [-0.05, 0) is 54.7 Å². The van der Waals surface area contributed by atoms with E-state index in [2.05, 4.69) is 10.6 Å². The van der Waals surface area contributed by atoms with Crippen molar-refractivity contribution in [1.82, 2.24) is 5.32 Å². The summed E-state index contributed by atoms with van der Waals surface area (Å²) in [6.07, 6.45) is 0. The van der Waals surface area contributed by atoms with Crippen LogP contribution in [0.3, 0.4) is 0 Å². The lowest BCUT2D eigenvalue weighted by atomic mass is 10.3. The molecule has 0 atom stereocenters. The Kier molecular flexibility index (Phi) is 6.66. The van der Waals surface area contributed by atoms with Crippen molar-refractivity contribution in [3.8, 4) is 11.5 Å². The summed E-state index contributed by atoms with van der Waals surface area (Å²) < 4.78 is 10.4. The van der Waals surface area contributed by atoms with Crippen LogP contribution in [0, 0.1) is 0 Å². The zero-order valence-electron chi connectivity index (χ0n) is 12.6. The van der Waals surface area contributed by atoms with Crippen LogP contribution in [0.4, 0.5) is 5.69 Å². The first-order valence-corrected chi connectivity index (χ1v) is 7.96. The van der Waals surface area contributed by atoms with E-state index in [1.54, 1.807) is 49.6 Å². The summed E-state index contributed by atoms with van der Waals surface area (Å²) >= 11 is 16.9. The van der Waals surface area contributed by atoms with E-state index in [-0.39, 0.29) is 11.7 Å². The normalized spacial score (nSPS) is 9.96. The Hall–Kier alpha value is -2.02. The SMILES string of the molecule is COc1ccc(OCC(=O)NC(=S)Nc2cc(Cl)cc(Cl)c2)cc1. The lowest BCUT2D eigenvalue weighted by molar-refractivity contribution is -0.121. The first-order chi connectivity index (χ1) is 11.5. The molecule has 0 saturated carbocycles. The number of methoxy groups -OCH3 is 1. The number of benzene rings is 2. The fraction of sp³-hybridized carbons (Fsp3) is 0.125. The van der Waals surface area contributed by atoms with Crippen LogP contribution in [0.1, 0.15) is 0 Å². The van der Waals surface area contributed by atoms with E-state index in [4.69, 9.17) is 44.9 Å². The predicted molar refractivity (Wildman–Crippen MR) is 99.3 cm³/mol. The monoisotopic (exact) mass is 384 g/mol. The van der Waals surface area contributed by atoms with Crippen LogP contribution in [0.5, 0.6) is 11.5 Å². The summed E-state index contributed by atoms with van der Waals surface area (Å²) in [6.45, 7) is -0.176. The molecule has 0 aliphatic carbocycles. The number of rotatable bonds is 5. The number of amides is 1. The van der Waals surface area contributed by atoms with Crippen LogP contribution in [-0.2, 0) is 4.79 Å². The zero-order chi connectivity index (χ0) is 17.5. The molecule has 2 rings (SSSR count). The Balaban J connectivity index is 1.81. The Labute approximate surface area is 154 Å².